The molecule has 0 N–H and O–H groups in total. The summed E-state index contributed by atoms with van der Waals surface area (Å²) < 4.78 is 19.1. The highest BCUT2D eigenvalue weighted by Gasteiger charge is 2.19. The van der Waals surface area contributed by atoms with Crippen LogP contribution in [0.25, 0.3) is 69.9 Å². The summed E-state index contributed by atoms with van der Waals surface area (Å²) in [6, 6.07) is 46.0. The average Bonchev–Trinajstić information content (AvgIpc) is 3.53. The molecule has 39 heavy (non-hydrogen) atoms. The van der Waals surface area contributed by atoms with Gasteiger partial charge in [0.2, 0.25) is 0 Å². The molecule has 0 amide bonds. The van der Waals surface area contributed by atoms with Crippen LogP contribution in [0.5, 0.6) is 0 Å². The molecule has 0 aliphatic heterocycles. The van der Waals surface area contributed by atoms with Crippen LogP contribution in [-0.4, -0.2) is 4.57 Å². The number of para-hydroxylation sites is 1. The first-order chi connectivity index (χ1) is 19.2. The van der Waals surface area contributed by atoms with Gasteiger partial charge in [-0.2, -0.15) is 0 Å². The Bertz CT molecular complexity index is 2110. The van der Waals surface area contributed by atoms with E-state index in [0.717, 1.165) is 32.2 Å². The zero-order chi connectivity index (χ0) is 25.9. The van der Waals surface area contributed by atoms with E-state index in [0.29, 0.717) is 0 Å². The van der Waals surface area contributed by atoms with Crippen molar-refractivity contribution in [1.29, 1.82) is 0 Å². The fourth-order valence-electron chi connectivity index (χ4n) is 5.91. The molecule has 184 valence electrons. The van der Waals surface area contributed by atoms with Crippen molar-refractivity contribution in [3.63, 3.8) is 0 Å². The molecule has 0 atom stereocenters. The minimum atomic E-state index is -0.203. The predicted molar refractivity (Wildman–Crippen MR) is 164 cm³/mol. The molecule has 0 aliphatic carbocycles. The third-order valence-corrected chi connectivity index (χ3v) is 8.76. The zero-order valence-electron chi connectivity index (χ0n) is 20.9. The van der Waals surface area contributed by atoms with Crippen molar-refractivity contribution in [2.24, 2.45) is 0 Å². The van der Waals surface area contributed by atoms with Gasteiger partial charge in [-0.15, -0.1) is 11.3 Å². The van der Waals surface area contributed by atoms with Gasteiger partial charge >= 0.3 is 0 Å². The summed E-state index contributed by atoms with van der Waals surface area (Å²) in [6.07, 6.45) is 0. The lowest BCUT2D eigenvalue weighted by molar-refractivity contribution is 0.630. The molecule has 2 heterocycles. The SMILES string of the molecule is Fc1ccc2sc3ccc4c(c5ccccc5n4-c4cc(-c5ccccc5)cc(-c5ccccc5)c4)c3c2c1. The van der Waals surface area contributed by atoms with E-state index in [1.807, 2.05) is 6.07 Å². The van der Waals surface area contributed by atoms with Gasteiger partial charge in [0.15, 0.2) is 0 Å². The lowest BCUT2D eigenvalue weighted by Gasteiger charge is -2.14. The third kappa shape index (κ3) is 3.51. The summed E-state index contributed by atoms with van der Waals surface area (Å²) in [4.78, 5) is 0. The van der Waals surface area contributed by atoms with E-state index < -0.39 is 0 Å². The number of thiophene rings is 1. The van der Waals surface area contributed by atoms with E-state index >= 15 is 0 Å². The van der Waals surface area contributed by atoms with Crippen LogP contribution < -0.4 is 0 Å². The third-order valence-electron chi connectivity index (χ3n) is 7.62. The number of halogens is 1. The lowest BCUT2D eigenvalue weighted by Crippen LogP contribution is -1.96. The lowest BCUT2D eigenvalue weighted by atomic mass is 9.98. The van der Waals surface area contributed by atoms with Crippen LogP contribution in [0, 0.1) is 5.82 Å². The molecule has 0 saturated heterocycles. The van der Waals surface area contributed by atoms with E-state index in [1.54, 1.807) is 23.5 Å². The first-order valence-corrected chi connectivity index (χ1v) is 13.9. The minimum absolute atomic E-state index is 0.203. The summed E-state index contributed by atoms with van der Waals surface area (Å²) in [5, 5.41) is 4.45. The highest BCUT2D eigenvalue weighted by atomic mass is 32.1. The Morgan fingerprint density at radius 2 is 1.10 bits per heavy atom. The molecule has 0 fully saturated rings. The number of rotatable bonds is 3. The predicted octanol–water partition coefficient (Wildman–Crippen LogP) is 10.6. The molecule has 0 aliphatic rings. The Hall–Kier alpha value is -4.73. The van der Waals surface area contributed by atoms with Crippen LogP contribution in [0.15, 0.2) is 133 Å². The fourth-order valence-corrected chi connectivity index (χ4v) is 7.01. The Kier molecular flexibility index (Phi) is 4.94. The number of nitrogens with zero attached hydrogens (tertiary/aromatic N) is 1. The Morgan fingerprint density at radius 1 is 0.462 bits per heavy atom. The topological polar surface area (TPSA) is 4.93 Å². The first kappa shape index (κ1) is 22.3. The zero-order valence-corrected chi connectivity index (χ0v) is 21.8. The van der Waals surface area contributed by atoms with Crippen LogP contribution in [0.4, 0.5) is 4.39 Å². The van der Waals surface area contributed by atoms with Crippen molar-refractivity contribution in [3.8, 4) is 27.9 Å². The molecule has 8 rings (SSSR count). The first-order valence-electron chi connectivity index (χ1n) is 13.0. The second kappa shape index (κ2) is 8.65. The van der Waals surface area contributed by atoms with E-state index in [4.69, 9.17) is 0 Å². The van der Waals surface area contributed by atoms with E-state index in [2.05, 4.69) is 120 Å². The maximum absolute atomic E-state index is 14.4. The molecular formula is C36H22FNS. The van der Waals surface area contributed by atoms with Gasteiger partial charge in [-0.05, 0) is 76.9 Å². The molecule has 0 radical (unpaired) electrons. The van der Waals surface area contributed by atoms with E-state index in [9.17, 15) is 4.39 Å². The minimum Gasteiger partial charge on any atom is -0.309 e. The molecule has 0 unspecified atom stereocenters. The van der Waals surface area contributed by atoms with Crippen LogP contribution in [0.3, 0.4) is 0 Å². The molecule has 2 aromatic heterocycles. The van der Waals surface area contributed by atoms with Gasteiger partial charge in [0, 0.05) is 36.6 Å². The van der Waals surface area contributed by atoms with Crippen LogP contribution >= 0.6 is 11.3 Å². The molecule has 0 saturated carbocycles. The Labute approximate surface area is 229 Å². The molecule has 3 heteroatoms. The van der Waals surface area contributed by atoms with Gasteiger partial charge in [0.05, 0.1) is 11.0 Å². The van der Waals surface area contributed by atoms with Crippen molar-refractivity contribution in [2.45, 2.75) is 0 Å². The smallest absolute Gasteiger partial charge is 0.123 e. The Morgan fingerprint density at radius 3 is 1.82 bits per heavy atom. The fraction of sp³-hybridized carbons (Fsp3) is 0. The molecule has 6 aromatic carbocycles. The number of aromatic nitrogens is 1. The van der Waals surface area contributed by atoms with Crippen LogP contribution in [0.2, 0.25) is 0 Å². The van der Waals surface area contributed by atoms with Gasteiger partial charge < -0.3 is 4.57 Å². The number of fused-ring (bicyclic) bond motifs is 7. The summed E-state index contributed by atoms with van der Waals surface area (Å²) in [5.41, 5.74) is 8.06. The van der Waals surface area contributed by atoms with Gasteiger partial charge in [-0.3, -0.25) is 0 Å². The van der Waals surface area contributed by atoms with Gasteiger partial charge in [-0.1, -0.05) is 78.9 Å². The van der Waals surface area contributed by atoms with E-state index in [1.165, 1.54) is 37.7 Å². The maximum atomic E-state index is 14.4. The molecule has 8 aromatic rings. The standard InChI is InChI=1S/C36H22FNS/c37-27-15-17-33-30(22-27)36-34(39-33)18-16-32-35(36)29-13-7-8-14-31(29)38(32)28-20-25(23-9-3-1-4-10-23)19-26(21-28)24-11-5-2-6-12-24/h1-22H. The van der Waals surface area contributed by atoms with Crippen LogP contribution in [0.1, 0.15) is 0 Å². The Balaban J connectivity index is 1.50. The number of hydrogen-bond acceptors (Lipinski definition) is 1. The average molecular weight is 520 g/mol. The second-order valence-electron chi connectivity index (χ2n) is 9.93. The highest BCUT2D eigenvalue weighted by Crippen LogP contribution is 2.44. The maximum Gasteiger partial charge on any atom is 0.123 e. The summed E-state index contributed by atoms with van der Waals surface area (Å²) in [7, 11) is 0. The number of hydrogen-bond donors (Lipinski definition) is 0. The molecular weight excluding hydrogens is 497 g/mol. The van der Waals surface area contributed by atoms with E-state index in [-0.39, 0.29) is 5.82 Å². The van der Waals surface area contributed by atoms with Crippen LogP contribution in [-0.2, 0) is 0 Å². The van der Waals surface area contributed by atoms with Crippen molar-refractivity contribution < 1.29 is 4.39 Å². The largest absolute Gasteiger partial charge is 0.309 e. The molecule has 1 nitrogen and oxygen atoms in total. The molecule has 0 spiro atoms. The van der Waals surface area contributed by atoms with Gasteiger partial charge in [0.25, 0.3) is 0 Å². The summed E-state index contributed by atoms with van der Waals surface area (Å²) in [5.74, 6) is -0.203. The number of benzene rings is 6. The normalized spacial score (nSPS) is 11.7. The summed E-state index contributed by atoms with van der Waals surface area (Å²) >= 11 is 1.72. The van der Waals surface area contributed by atoms with Gasteiger partial charge in [-0.25, -0.2) is 4.39 Å². The van der Waals surface area contributed by atoms with Crippen molar-refractivity contribution in [1.82, 2.24) is 4.57 Å². The van der Waals surface area contributed by atoms with Crippen molar-refractivity contribution >= 4 is 53.3 Å². The highest BCUT2D eigenvalue weighted by molar-refractivity contribution is 7.26. The quantitative estimate of drug-likeness (QED) is 0.219. The second-order valence-corrected chi connectivity index (χ2v) is 11.0. The van der Waals surface area contributed by atoms with Crippen molar-refractivity contribution in [3.05, 3.63) is 139 Å². The van der Waals surface area contributed by atoms with Crippen molar-refractivity contribution in [2.75, 3.05) is 0 Å². The van der Waals surface area contributed by atoms with Gasteiger partial charge in [0.1, 0.15) is 5.82 Å². The monoisotopic (exact) mass is 519 g/mol. The molecule has 0 bridgehead atoms. The summed E-state index contributed by atoms with van der Waals surface area (Å²) in [6.45, 7) is 0.